The summed E-state index contributed by atoms with van der Waals surface area (Å²) >= 11 is 0. The fourth-order valence-electron chi connectivity index (χ4n) is 1.63. The summed E-state index contributed by atoms with van der Waals surface area (Å²) in [6, 6.07) is 0.455. The molecule has 4 nitrogen and oxygen atoms in total. The molecule has 0 aromatic heterocycles. The SMILES string of the molecule is CNC(C)(CCN(C)C(C)C(C)(C)C)C(N)=O. The zero-order valence-electron chi connectivity index (χ0n) is 12.4. The molecule has 2 atom stereocenters. The van der Waals surface area contributed by atoms with Gasteiger partial charge in [0.05, 0.1) is 5.54 Å². The molecular formula is C13H29N3O. The number of primary amides is 1. The van der Waals surface area contributed by atoms with E-state index in [0.717, 1.165) is 13.0 Å². The van der Waals surface area contributed by atoms with Crippen LogP contribution in [0.25, 0.3) is 0 Å². The van der Waals surface area contributed by atoms with Crippen LogP contribution in [0.3, 0.4) is 0 Å². The highest BCUT2D eigenvalue weighted by atomic mass is 16.1. The number of nitrogens with one attached hydrogen (secondary N) is 1. The van der Waals surface area contributed by atoms with Crippen LogP contribution in [0.2, 0.25) is 0 Å². The minimum Gasteiger partial charge on any atom is -0.368 e. The fraction of sp³-hybridized carbons (Fsp3) is 0.923. The molecule has 17 heavy (non-hydrogen) atoms. The molecule has 102 valence electrons. The van der Waals surface area contributed by atoms with E-state index in [1.165, 1.54) is 0 Å². The number of likely N-dealkylation sites (N-methyl/N-ethyl adjacent to an activating group) is 1. The van der Waals surface area contributed by atoms with Gasteiger partial charge >= 0.3 is 0 Å². The van der Waals surface area contributed by atoms with Crippen LogP contribution in [0.5, 0.6) is 0 Å². The van der Waals surface area contributed by atoms with Gasteiger partial charge in [0.2, 0.25) is 5.91 Å². The third-order valence-corrected chi connectivity index (χ3v) is 3.97. The van der Waals surface area contributed by atoms with E-state index in [9.17, 15) is 4.79 Å². The predicted octanol–water partition coefficient (Wildman–Crippen LogP) is 1.21. The maximum atomic E-state index is 11.4. The maximum Gasteiger partial charge on any atom is 0.237 e. The average Bonchev–Trinajstić information content (AvgIpc) is 2.22. The Bertz CT molecular complexity index is 260. The number of carbonyl (C=O) groups is 1. The normalized spacial score (nSPS) is 17.9. The molecule has 0 aromatic carbocycles. The molecule has 0 aliphatic rings. The lowest BCUT2D eigenvalue weighted by Gasteiger charge is -2.37. The molecule has 0 rings (SSSR count). The smallest absolute Gasteiger partial charge is 0.237 e. The first-order chi connectivity index (χ1) is 7.54. The molecule has 2 unspecified atom stereocenters. The zero-order chi connectivity index (χ0) is 13.9. The van der Waals surface area contributed by atoms with Crippen molar-refractivity contribution in [2.75, 3.05) is 20.6 Å². The highest BCUT2D eigenvalue weighted by molar-refractivity contribution is 5.84. The van der Waals surface area contributed by atoms with E-state index < -0.39 is 5.54 Å². The Labute approximate surface area is 106 Å². The lowest BCUT2D eigenvalue weighted by molar-refractivity contribution is -0.124. The lowest BCUT2D eigenvalue weighted by Crippen LogP contribution is -2.53. The molecule has 0 heterocycles. The summed E-state index contributed by atoms with van der Waals surface area (Å²) in [4.78, 5) is 13.6. The standard InChI is InChI=1S/C13H29N3O/c1-10(12(2,3)4)16(7)9-8-13(5,15-6)11(14)17/h10,15H,8-9H2,1-7H3,(H2,14,17). The Morgan fingerprint density at radius 1 is 1.35 bits per heavy atom. The molecule has 0 aliphatic carbocycles. The van der Waals surface area contributed by atoms with Gasteiger partial charge in [-0.1, -0.05) is 20.8 Å². The Balaban J connectivity index is 4.43. The van der Waals surface area contributed by atoms with Gasteiger partial charge in [-0.2, -0.15) is 0 Å². The summed E-state index contributed by atoms with van der Waals surface area (Å²) in [6.07, 6.45) is 0.718. The summed E-state index contributed by atoms with van der Waals surface area (Å²) in [5, 5.41) is 3.01. The predicted molar refractivity (Wildman–Crippen MR) is 72.8 cm³/mol. The van der Waals surface area contributed by atoms with Gasteiger partial charge in [0.15, 0.2) is 0 Å². The first-order valence-corrected chi connectivity index (χ1v) is 6.23. The third kappa shape index (κ3) is 4.64. The van der Waals surface area contributed by atoms with Gasteiger partial charge in [-0.3, -0.25) is 4.79 Å². The first-order valence-electron chi connectivity index (χ1n) is 6.23. The molecular weight excluding hydrogens is 214 g/mol. The van der Waals surface area contributed by atoms with Crippen LogP contribution in [0, 0.1) is 5.41 Å². The molecule has 0 saturated heterocycles. The minimum atomic E-state index is -0.619. The Morgan fingerprint density at radius 2 is 1.82 bits per heavy atom. The first kappa shape index (κ1) is 16.4. The van der Waals surface area contributed by atoms with Gasteiger partial charge in [0, 0.05) is 12.6 Å². The van der Waals surface area contributed by atoms with Crippen LogP contribution in [-0.4, -0.2) is 43.0 Å². The van der Waals surface area contributed by atoms with Crippen LogP contribution in [0.15, 0.2) is 0 Å². The van der Waals surface area contributed by atoms with Crippen molar-refractivity contribution in [1.29, 1.82) is 0 Å². The van der Waals surface area contributed by atoms with Crippen LogP contribution >= 0.6 is 0 Å². The fourth-order valence-corrected chi connectivity index (χ4v) is 1.63. The average molecular weight is 243 g/mol. The molecule has 4 heteroatoms. The zero-order valence-corrected chi connectivity index (χ0v) is 12.4. The van der Waals surface area contributed by atoms with E-state index >= 15 is 0 Å². The summed E-state index contributed by atoms with van der Waals surface area (Å²) in [5.41, 5.74) is 5.02. The quantitative estimate of drug-likeness (QED) is 0.737. The summed E-state index contributed by atoms with van der Waals surface area (Å²) in [7, 11) is 3.87. The van der Waals surface area contributed by atoms with Crippen molar-refractivity contribution in [2.24, 2.45) is 11.1 Å². The highest BCUT2D eigenvalue weighted by Crippen LogP contribution is 2.23. The molecule has 0 saturated carbocycles. The summed E-state index contributed by atoms with van der Waals surface area (Å²) in [6.45, 7) is 11.6. The number of carbonyl (C=O) groups excluding carboxylic acids is 1. The Hall–Kier alpha value is -0.610. The van der Waals surface area contributed by atoms with E-state index in [0.29, 0.717) is 6.04 Å². The molecule has 1 amide bonds. The molecule has 0 radical (unpaired) electrons. The van der Waals surface area contributed by atoms with Gasteiger partial charge in [-0.05, 0) is 39.8 Å². The van der Waals surface area contributed by atoms with Crippen LogP contribution < -0.4 is 11.1 Å². The number of hydrogen-bond donors (Lipinski definition) is 2. The van der Waals surface area contributed by atoms with Crippen molar-refractivity contribution < 1.29 is 4.79 Å². The topological polar surface area (TPSA) is 58.4 Å². The van der Waals surface area contributed by atoms with E-state index in [1.807, 2.05) is 6.92 Å². The maximum absolute atomic E-state index is 11.4. The van der Waals surface area contributed by atoms with Crippen LogP contribution in [-0.2, 0) is 4.79 Å². The second-order valence-electron chi connectivity index (χ2n) is 6.22. The summed E-state index contributed by atoms with van der Waals surface area (Å²) in [5.74, 6) is -0.295. The van der Waals surface area contributed by atoms with Crippen molar-refractivity contribution in [3.05, 3.63) is 0 Å². The number of amides is 1. The van der Waals surface area contributed by atoms with Gasteiger partial charge in [0.25, 0.3) is 0 Å². The highest BCUT2D eigenvalue weighted by Gasteiger charge is 2.31. The number of nitrogens with two attached hydrogens (primary N) is 1. The van der Waals surface area contributed by atoms with Crippen molar-refractivity contribution in [3.63, 3.8) is 0 Å². The summed E-state index contributed by atoms with van der Waals surface area (Å²) < 4.78 is 0. The van der Waals surface area contributed by atoms with E-state index in [1.54, 1.807) is 7.05 Å². The van der Waals surface area contributed by atoms with Crippen molar-refractivity contribution in [2.45, 2.75) is 52.6 Å². The second-order valence-corrected chi connectivity index (χ2v) is 6.22. The second kappa shape index (κ2) is 5.83. The Morgan fingerprint density at radius 3 is 2.12 bits per heavy atom. The Kier molecular flexibility index (Phi) is 5.62. The van der Waals surface area contributed by atoms with Crippen LogP contribution in [0.4, 0.5) is 0 Å². The molecule has 0 aliphatic heterocycles. The molecule has 3 N–H and O–H groups in total. The van der Waals surface area contributed by atoms with E-state index in [4.69, 9.17) is 5.73 Å². The van der Waals surface area contributed by atoms with Gasteiger partial charge in [-0.15, -0.1) is 0 Å². The molecule has 0 aromatic rings. The third-order valence-electron chi connectivity index (χ3n) is 3.97. The monoisotopic (exact) mass is 243 g/mol. The minimum absolute atomic E-state index is 0.234. The number of nitrogens with zero attached hydrogens (tertiary/aromatic N) is 1. The van der Waals surface area contributed by atoms with Gasteiger partial charge in [-0.25, -0.2) is 0 Å². The van der Waals surface area contributed by atoms with E-state index in [-0.39, 0.29) is 11.3 Å². The van der Waals surface area contributed by atoms with E-state index in [2.05, 4.69) is 45.0 Å². The van der Waals surface area contributed by atoms with Crippen molar-refractivity contribution in [3.8, 4) is 0 Å². The van der Waals surface area contributed by atoms with Gasteiger partial charge < -0.3 is 16.0 Å². The van der Waals surface area contributed by atoms with Crippen molar-refractivity contribution >= 4 is 5.91 Å². The lowest BCUT2D eigenvalue weighted by atomic mass is 9.86. The molecule has 0 spiro atoms. The van der Waals surface area contributed by atoms with Gasteiger partial charge in [0.1, 0.15) is 0 Å². The number of hydrogen-bond acceptors (Lipinski definition) is 3. The molecule has 0 bridgehead atoms. The number of rotatable bonds is 6. The van der Waals surface area contributed by atoms with Crippen LogP contribution in [0.1, 0.15) is 41.0 Å². The van der Waals surface area contributed by atoms with Crippen molar-refractivity contribution in [1.82, 2.24) is 10.2 Å². The largest absolute Gasteiger partial charge is 0.368 e. The molecule has 0 fully saturated rings.